The third kappa shape index (κ3) is 1.62. The van der Waals surface area contributed by atoms with Crippen molar-refractivity contribution in [1.29, 1.82) is 0 Å². The Labute approximate surface area is 104 Å². The van der Waals surface area contributed by atoms with Crippen LogP contribution in [0.3, 0.4) is 0 Å². The van der Waals surface area contributed by atoms with Crippen LogP contribution in [0.25, 0.3) is 0 Å². The van der Waals surface area contributed by atoms with E-state index in [1.54, 1.807) is 11.1 Å². The van der Waals surface area contributed by atoms with E-state index in [1.165, 1.54) is 6.54 Å². The van der Waals surface area contributed by atoms with Gasteiger partial charge in [0.05, 0.1) is 0 Å². The topological polar surface area (TPSA) is 15.3 Å². The van der Waals surface area contributed by atoms with Gasteiger partial charge in [0, 0.05) is 31.1 Å². The molecule has 0 amide bonds. The van der Waals surface area contributed by atoms with E-state index in [-0.39, 0.29) is 0 Å². The van der Waals surface area contributed by atoms with Gasteiger partial charge in [0.15, 0.2) is 0 Å². The molecule has 3 rings (SSSR count). The molecule has 1 saturated heterocycles. The standard InChI is InChI=1S/C15H22N2/c1-10(2)17(3)15-12-7-5-4-6-11(12)13-8-16-9-14(13)15/h4-7,10,13-16H,8-9H2,1-3H3/t13-,14-,15-/m0/s1. The second-order valence-electron chi connectivity index (χ2n) is 5.76. The maximum absolute atomic E-state index is 3.56. The zero-order chi connectivity index (χ0) is 12.0. The molecule has 0 unspecified atom stereocenters. The van der Waals surface area contributed by atoms with E-state index in [0.29, 0.717) is 12.1 Å². The van der Waals surface area contributed by atoms with Crippen LogP contribution in [0.4, 0.5) is 0 Å². The normalized spacial score (nSPS) is 31.0. The minimum absolute atomic E-state index is 0.603. The third-order valence-corrected chi connectivity index (χ3v) is 4.63. The Morgan fingerprint density at radius 1 is 1.18 bits per heavy atom. The fraction of sp³-hybridized carbons (Fsp3) is 0.600. The van der Waals surface area contributed by atoms with Crippen molar-refractivity contribution in [2.24, 2.45) is 5.92 Å². The highest BCUT2D eigenvalue weighted by atomic mass is 15.2. The predicted octanol–water partition coefficient (Wildman–Crippen LogP) is 2.38. The summed E-state index contributed by atoms with van der Waals surface area (Å²) in [6, 6.07) is 10.2. The van der Waals surface area contributed by atoms with Gasteiger partial charge in [0.2, 0.25) is 0 Å². The second kappa shape index (κ2) is 4.11. The molecule has 1 aromatic carbocycles. The first-order chi connectivity index (χ1) is 8.20. The van der Waals surface area contributed by atoms with E-state index in [0.717, 1.165) is 18.4 Å². The molecule has 0 radical (unpaired) electrons. The summed E-state index contributed by atoms with van der Waals surface area (Å²) in [7, 11) is 2.27. The van der Waals surface area contributed by atoms with E-state index in [9.17, 15) is 0 Å². The molecule has 1 fully saturated rings. The Balaban J connectivity index is 2.03. The lowest BCUT2D eigenvalue weighted by molar-refractivity contribution is 0.153. The molecular weight excluding hydrogens is 208 g/mol. The maximum Gasteiger partial charge on any atom is 0.0397 e. The van der Waals surface area contributed by atoms with Crippen LogP contribution in [0, 0.1) is 5.92 Å². The van der Waals surface area contributed by atoms with E-state index >= 15 is 0 Å². The molecule has 0 aromatic heterocycles. The van der Waals surface area contributed by atoms with E-state index in [1.807, 2.05) is 0 Å². The zero-order valence-corrected chi connectivity index (χ0v) is 11.0. The first kappa shape index (κ1) is 11.2. The minimum Gasteiger partial charge on any atom is -0.316 e. The van der Waals surface area contributed by atoms with Crippen LogP contribution in [-0.2, 0) is 0 Å². The van der Waals surface area contributed by atoms with Crippen molar-refractivity contribution in [3.8, 4) is 0 Å². The largest absolute Gasteiger partial charge is 0.316 e. The van der Waals surface area contributed by atoms with Crippen LogP contribution in [0.5, 0.6) is 0 Å². The number of fused-ring (bicyclic) bond motifs is 3. The molecule has 1 aliphatic heterocycles. The van der Waals surface area contributed by atoms with Crippen LogP contribution in [0.15, 0.2) is 24.3 Å². The number of hydrogen-bond acceptors (Lipinski definition) is 2. The van der Waals surface area contributed by atoms with Crippen molar-refractivity contribution in [3.05, 3.63) is 35.4 Å². The average molecular weight is 230 g/mol. The van der Waals surface area contributed by atoms with Crippen molar-refractivity contribution < 1.29 is 0 Å². The van der Waals surface area contributed by atoms with Gasteiger partial charge in [0.25, 0.3) is 0 Å². The fourth-order valence-corrected chi connectivity index (χ4v) is 3.56. The monoisotopic (exact) mass is 230 g/mol. The summed E-state index contributed by atoms with van der Waals surface area (Å²) in [6.07, 6.45) is 0. The molecule has 2 nitrogen and oxygen atoms in total. The Morgan fingerprint density at radius 2 is 1.88 bits per heavy atom. The molecule has 2 aliphatic rings. The highest BCUT2D eigenvalue weighted by Gasteiger charge is 2.44. The Morgan fingerprint density at radius 3 is 2.59 bits per heavy atom. The number of nitrogens with zero attached hydrogens (tertiary/aromatic N) is 1. The highest BCUT2D eigenvalue weighted by molar-refractivity contribution is 5.41. The van der Waals surface area contributed by atoms with E-state index in [4.69, 9.17) is 0 Å². The number of rotatable bonds is 2. The first-order valence-electron chi connectivity index (χ1n) is 6.71. The minimum atomic E-state index is 0.603. The van der Waals surface area contributed by atoms with E-state index < -0.39 is 0 Å². The van der Waals surface area contributed by atoms with Crippen LogP contribution >= 0.6 is 0 Å². The summed E-state index contributed by atoms with van der Waals surface area (Å²) in [4.78, 5) is 2.54. The van der Waals surface area contributed by atoms with Gasteiger partial charge in [-0.1, -0.05) is 24.3 Å². The molecular formula is C15H22N2. The molecule has 17 heavy (non-hydrogen) atoms. The van der Waals surface area contributed by atoms with Gasteiger partial charge in [-0.05, 0) is 37.9 Å². The van der Waals surface area contributed by atoms with Gasteiger partial charge < -0.3 is 5.32 Å². The average Bonchev–Trinajstić information content (AvgIpc) is 2.87. The summed E-state index contributed by atoms with van der Waals surface area (Å²) in [5.74, 6) is 1.50. The molecule has 1 aliphatic carbocycles. The van der Waals surface area contributed by atoms with Crippen LogP contribution < -0.4 is 5.32 Å². The predicted molar refractivity (Wildman–Crippen MR) is 71.2 cm³/mol. The summed E-state index contributed by atoms with van der Waals surface area (Å²) in [5, 5.41) is 3.56. The fourth-order valence-electron chi connectivity index (χ4n) is 3.56. The highest BCUT2D eigenvalue weighted by Crippen LogP contribution is 2.49. The van der Waals surface area contributed by atoms with Gasteiger partial charge in [-0.2, -0.15) is 0 Å². The Hall–Kier alpha value is -0.860. The zero-order valence-electron chi connectivity index (χ0n) is 11.0. The Bertz CT molecular complexity index is 413. The number of hydrogen-bond donors (Lipinski definition) is 1. The Kier molecular flexibility index (Phi) is 2.72. The molecule has 1 heterocycles. The van der Waals surface area contributed by atoms with Crippen LogP contribution in [-0.4, -0.2) is 31.1 Å². The maximum atomic E-state index is 3.56. The van der Waals surface area contributed by atoms with E-state index in [2.05, 4.69) is 55.4 Å². The lowest BCUT2D eigenvalue weighted by Crippen LogP contribution is -2.35. The molecule has 1 aromatic rings. The summed E-state index contributed by atoms with van der Waals surface area (Å²) >= 11 is 0. The summed E-state index contributed by atoms with van der Waals surface area (Å²) < 4.78 is 0. The molecule has 0 saturated carbocycles. The van der Waals surface area contributed by atoms with Crippen molar-refractivity contribution in [1.82, 2.24) is 10.2 Å². The van der Waals surface area contributed by atoms with Gasteiger partial charge in [-0.3, -0.25) is 4.90 Å². The van der Waals surface area contributed by atoms with Crippen molar-refractivity contribution >= 4 is 0 Å². The molecule has 3 atom stereocenters. The molecule has 0 spiro atoms. The molecule has 92 valence electrons. The second-order valence-corrected chi connectivity index (χ2v) is 5.76. The lowest BCUT2D eigenvalue weighted by Gasteiger charge is -2.33. The first-order valence-corrected chi connectivity index (χ1v) is 6.71. The van der Waals surface area contributed by atoms with Crippen LogP contribution in [0.1, 0.15) is 36.9 Å². The number of benzene rings is 1. The van der Waals surface area contributed by atoms with Gasteiger partial charge in [0.1, 0.15) is 0 Å². The van der Waals surface area contributed by atoms with Crippen molar-refractivity contribution in [2.75, 3.05) is 20.1 Å². The number of nitrogens with one attached hydrogen (secondary N) is 1. The van der Waals surface area contributed by atoms with Gasteiger partial charge in [-0.15, -0.1) is 0 Å². The quantitative estimate of drug-likeness (QED) is 0.839. The molecule has 1 N–H and O–H groups in total. The van der Waals surface area contributed by atoms with Crippen molar-refractivity contribution in [3.63, 3.8) is 0 Å². The molecule has 2 heteroatoms. The lowest BCUT2D eigenvalue weighted by atomic mass is 9.93. The van der Waals surface area contributed by atoms with Gasteiger partial charge in [-0.25, -0.2) is 0 Å². The van der Waals surface area contributed by atoms with Crippen molar-refractivity contribution in [2.45, 2.75) is 31.8 Å². The summed E-state index contributed by atoms with van der Waals surface area (Å²) in [6.45, 7) is 6.90. The molecule has 0 bridgehead atoms. The smallest absolute Gasteiger partial charge is 0.0397 e. The summed E-state index contributed by atoms with van der Waals surface area (Å²) in [5.41, 5.74) is 3.15. The third-order valence-electron chi connectivity index (χ3n) is 4.63. The van der Waals surface area contributed by atoms with Crippen LogP contribution in [0.2, 0.25) is 0 Å². The SMILES string of the molecule is CC(C)N(C)[C@H]1c2ccccc2[C@@H]2CNC[C@@H]21. The van der Waals surface area contributed by atoms with Gasteiger partial charge >= 0.3 is 0 Å².